The summed E-state index contributed by atoms with van der Waals surface area (Å²) in [5, 5.41) is 9.43. The van der Waals surface area contributed by atoms with Gasteiger partial charge in [-0.05, 0) is 41.5 Å². The molecule has 0 aliphatic heterocycles. The van der Waals surface area contributed by atoms with Gasteiger partial charge in [-0.1, -0.05) is 63.2 Å². The van der Waals surface area contributed by atoms with E-state index in [0.29, 0.717) is 23.1 Å². The smallest absolute Gasteiger partial charge is 0.433 e. The molecule has 2 aromatic carbocycles. The van der Waals surface area contributed by atoms with Crippen molar-refractivity contribution in [3.05, 3.63) is 81.5 Å². The fraction of sp³-hybridized carbons (Fsp3) is 0.346. The van der Waals surface area contributed by atoms with Crippen molar-refractivity contribution in [3.63, 3.8) is 0 Å². The molecular weight excluding hydrogens is 461 g/mol. The summed E-state index contributed by atoms with van der Waals surface area (Å²) in [7, 11) is 0. The van der Waals surface area contributed by atoms with Crippen LogP contribution in [0.25, 0.3) is 11.1 Å². The lowest BCUT2D eigenvalue weighted by Gasteiger charge is -2.14. The Labute approximate surface area is 200 Å². The van der Waals surface area contributed by atoms with E-state index in [1.807, 2.05) is 13.8 Å². The number of carbonyl (C=O) groups excluding carboxylic acids is 1. The molecule has 0 atom stereocenters. The van der Waals surface area contributed by atoms with Crippen LogP contribution in [-0.2, 0) is 19.1 Å². The Hall–Kier alpha value is -3.62. The number of aromatic nitrogens is 2. The molecule has 0 aliphatic rings. The first-order valence-corrected chi connectivity index (χ1v) is 11.3. The summed E-state index contributed by atoms with van der Waals surface area (Å²) < 4.78 is 43.4. The minimum Gasteiger partial charge on any atom is -0.478 e. The number of halogens is 3. The van der Waals surface area contributed by atoms with Gasteiger partial charge in [0.25, 0.3) is 0 Å². The Morgan fingerprint density at radius 1 is 1.03 bits per heavy atom. The summed E-state index contributed by atoms with van der Waals surface area (Å²) in [6, 6.07) is 13.1. The van der Waals surface area contributed by atoms with Gasteiger partial charge in [0.1, 0.15) is 0 Å². The molecular formula is C26H27F3N2O4. The van der Waals surface area contributed by atoms with Crippen molar-refractivity contribution in [3.8, 4) is 11.1 Å². The predicted molar refractivity (Wildman–Crippen MR) is 126 cm³/mol. The normalized spacial score (nSPS) is 11.7. The van der Waals surface area contributed by atoms with Crippen molar-refractivity contribution in [2.24, 2.45) is 5.92 Å². The molecule has 0 saturated heterocycles. The number of benzene rings is 2. The molecule has 3 aromatic rings. The summed E-state index contributed by atoms with van der Waals surface area (Å²) in [6.07, 6.45) is -4.70. The maximum Gasteiger partial charge on any atom is 0.433 e. The molecule has 0 spiro atoms. The first kappa shape index (κ1) is 26.0. The van der Waals surface area contributed by atoms with Gasteiger partial charge in [0.05, 0.1) is 17.8 Å². The van der Waals surface area contributed by atoms with Gasteiger partial charge in [0, 0.05) is 6.42 Å². The van der Waals surface area contributed by atoms with Gasteiger partial charge < -0.3 is 5.11 Å². The van der Waals surface area contributed by atoms with Gasteiger partial charge in [-0.3, -0.25) is 9.36 Å². The number of carbonyl (C=O) groups is 2. The van der Waals surface area contributed by atoms with Crippen LogP contribution in [0.2, 0.25) is 0 Å². The molecule has 0 fully saturated rings. The van der Waals surface area contributed by atoms with Crippen LogP contribution in [0.5, 0.6) is 0 Å². The van der Waals surface area contributed by atoms with Crippen molar-refractivity contribution < 1.29 is 27.9 Å². The van der Waals surface area contributed by atoms with E-state index in [1.54, 1.807) is 42.5 Å². The van der Waals surface area contributed by atoms with E-state index < -0.39 is 29.4 Å². The maximum absolute atomic E-state index is 14.0. The van der Waals surface area contributed by atoms with Crippen LogP contribution in [0.1, 0.15) is 65.7 Å². The molecule has 0 amide bonds. The zero-order valence-electron chi connectivity index (χ0n) is 19.7. The van der Waals surface area contributed by atoms with Crippen molar-refractivity contribution in [2.75, 3.05) is 0 Å². The van der Waals surface area contributed by atoms with Crippen molar-refractivity contribution in [1.29, 1.82) is 0 Å². The van der Waals surface area contributed by atoms with Crippen LogP contribution in [0, 0.1) is 5.92 Å². The van der Waals surface area contributed by atoms with E-state index in [9.17, 15) is 32.7 Å². The lowest BCUT2D eigenvalue weighted by molar-refractivity contribution is -0.143. The van der Waals surface area contributed by atoms with Crippen molar-refractivity contribution in [2.45, 2.75) is 52.8 Å². The number of rotatable bonds is 8. The lowest BCUT2D eigenvalue weighted by Crippen LogP contribution is -2.31. The van der Waals surface area contributed by atoms with E-state index in [0.717, 1.165) is 4.57 Å². The number of aromatic carboxylic acids is 1. The number of hydrogen-bond acceptors (Lipinski definition) is 3. The Morgan fingerprint density at radius 2 is 1.66 bits per heavy atom. The molecule has 35 heavy (non-hydrogen) atoms. The number of carboxylic acid groups (broad SMARTS) is 1. The topological polar surface area (TPSA) is 81.3 Å². The zero-order chi connectivity index (χ0) is 25.9. The third-order valence-electron chi connectivity index (χ3n) is 5.79. The standard InChI is InChI=1S/C26H27F3N2O4/c1-4-22(32)31-23(26(27,28)29)21(14-9-16(2)3)30(25(31)35)15-17-10-12-18(13-11-17)19-7-5-6-8-20(19)24(33)34/h5-8,10-13,16H,4,9,14-15H2,1-3H3,(H,33,34). The number of hydrogen-bond donors (Lipinski definition) is 1. The van der Waals surface area contributed by atoms with Crippen molar-refractivity contribution >= 4 is 11.9 Å². The quantitative estimate of drug-likeness (QED) is 0.440. The van der Waals surface area contributed by atoms with E-state index in [2.05, 4.69) is 0 Å². The number of alkyl halides is 3. The Bertz CT molecular complexity index is 1290. The third-order valence-corrected chi connectivity index (χ3v) is 5.79. The van der Waals surface area contributed by atoms with E-state index in [-0.39, 0.29) is 41.1 Å². The molecule has 9 heteroatoms. The monoisotopic (exact) mass is 488 g/mol. The highest BCUT2D eigenvalue weighted by Crippen LogP contribution is 2.33. The summed E-state index contributed by atoms with van der Waals surface area (Å²) >= 11 is 0. The van der Waals surface area contributed by atoms with Gasteiger partial charge in [-0.2, -0.15) is 13.2 Å². The van der Waals surface area contributed by atoms with Crippen LogP contribution >= 0.6 is 0 Å². The van der Waals surface area contributed by atoms with Crippen LogP contribution in [0.3, 0.4) is 0 Å². The Balaban J connectivity index is 2.08. The number of imidazole rings is 1. The minimum absolute atomic E-state index is 0.00415. The molecule has 0 aliphatic carbocycles. The Kier molecular flexibility index (Phi) is 7.67. The molecule has 0 unspecified atom stereocenters. The van der Waals surface area contributed by atoms with Gasteiger partial charge in [-0.15, -0.1) is 0 Å². The summed E-state index contributed by atoms with van der Waals surface area (Å²) in [5.74, 6) is -1.89. The SMILES string of the molecule is CCC(=O)n1c(C(F)(F)F)c(CCC(C)C)n(Cc2ccc(-c3ccccc3C(=O)O)cc2)c1=O. The first-order chi connectivity index (χ1) is 16.5. The van der Waals surface area contributed by atoms with Crippen molar-refractivity contribution in [1.82, 2.24) is 9.13 Å². The largest absolute Gasteiger partial charge is 0.478 e. The molecule has 0 bridgehead atoms. The van der Waals surface area contributed by atoms with Gasteiger partial charge in [0.2, 0.25) is 5.91 Å². The second kappa shape index (κ2) is 10.3. The predicted octanol–water partition coefficient (Wildman–Crippen LogP) is 5.72. The Morgan fingerprint density at radius 3 is 2.20 bits per heavy atom. The first-order valence-electron chi connectivity index (χ1n) is 11.3. The van der Waals surface area contributed by atoms with E-state index >= 15 is 0 Å². The maximum atomic E-state index is 14.0. The lowest BCUT2D eigenvalue weighted by atomic mass is 9.98. The fourth-order valence-corrected chi connectivity index (χ4v) is 4.00. The number of carboxylic acids is 1. The van der Waals surface area contributed by atoms with Gasteiger partial charge in [0.15, 0.2) is 5.69 Å². The highest BCUT2D eigenvalue weighted by Gasteiger charge is 2.42. The van der Waals surface area contributed by atoms with Crippen LogP contribution in [0.4, 0.5) is 13.2 Å². The molecule has 1 heterocycles. The minimum atomic E-state index is -4.87. The summed E-state index contributed by atoms with van der Waals surface area (Å²) in [6.45, 7) is 5.00. The molecule has 186 valence electrons. The van der Waals surface area contributed by atoms with Gasteiger partial charge in [-0.25, -0.2) is 14.2 Å². The third kappa shape index (κ3) is 5.55. The average molecular weight is 489 g/mol. The molecule has 0 radical (unpaired) electrons. The van der Waals surface area contributed by atoms with Crippen LogP contribution in [-0.4, -0.2) is 26.1 Å². The highest BCUT2D eigenvalue weighted by atomic mass is 19.4. The second-order valence-corrected chi connectivity index (χ2v) is 8.72. The van der Waals surface area contributed by atoms with Gasteiger partial charge >= 0.3 is 17.8 Å². The zero-order valence-corrected chi connectivity index (χ0v) is 19.7. The molecule has 1 aromatic heterocycles. The highest BCUT2D eigenvalue weighted by molar-refractivity contribution is 5.96. The van der Waals surface area contributed by atoms with E-state index in [4.69, 9.17) is 0 Å². The van der Waals surface area contributed by atoms with E-state index in [1.165, 1.54) is 13.0 Å². The second-order valence-electron chi connectivity index (χ2n) is 8.72. The number of nitrogens with zero attached hydrogens (tertiary/aromatic N) is 2. The fourth-order valence-electron chi connectivity index (χ4n) is 4.00. The molecule has 3 rings (SSSR count). The molecule has 0 saturated carbocycles. The molecule has 6 nitrogen and oxygen atoms in total. The van der Waals surface area contributed by atoms with Crippen LogP contribution in [0.15, 0.2) is 53.3 Å². The van der Waals surface area contributed by atoms with Crippen LogP contribution < -0.4 is 5.69 Å². The average Bonchev–Trinajstić information content (AvgIpc) is 3.09. The molecule has 1 N–H and O–H groups in total. The summed E-state index contributed by atoms with van der Waals surface area (Å²) in [5.41, 5.74) is -0.639. The summed E-state index contributed by atoms with van der Waals surface area (Å²) in [4.78, 5) is 36.9.